The van der Waals surface area contributed by atoms with Crippen molar-refractivity contribution in [3.05, 3.63) is 53.1 Å². The topological polar surface area (TPSA) is 44.5 Å². The van der Waals surface area contributed by atoms with Gasteiger partial charge >= 0.3 is 0 Å². The highest BCUT2D eigenvalue weighted by Crippen LogP contribution is 2.29. The molecular weight excluding hydrogens is 250 g/mol. The molecule has 0 radical (unpaired) electrons. The molecule has 20 heavy (non-hydrogen) atoms. The van der Waals surface area contributed by atoms with Crippen LogP contribution in [-0.4, -0.2) is 12.7 Å². The lowest BCUT2D eigenvalue weighted by Crippen LogP contribution is -2.22. The Morgan fingerprint density at radius 3 is 2.80 bits per heavy atom. The van der Waals surface area contributed by atoms with Crippen molar-refractivity contribution in [2.45, 2.75) is 26.4 Å². The average molecular weight is 269 g/mol. The van der Waals surface area contributed by atoms with Crippen LogP contribution in [0.2, 0.25) is 0 Å². The molecule has 3 nitrogen and oxygen atoms in total. The number of nitrogens with two attached hydrogens (primary N) is 1. The molecule has 0 saturated carbocycles. The molecule has 0 aromatic heterocycles. The molecule has 0 spiro atoms. The second-order valence-corrected chi connectivity index (χ2v) is 5.34. The molecule has 2 aromatic rings. The van der Waals surface area contributed by atoms with E-state index < -0.39 is 0 Å². The lowest BCUT2D eigenvalue weighted by molar-refractivity contribution is 0.148. The van der Waals surface area contributed by atoms with E-state index in [1.807, 2.05) is 38.1 Å². The molecule has 2 N–H and O–H groups in total. The first kappa shape index (κ1) is 12.9. The lowest BCUT2D eigenvalue weighted by atomic mass is 10.1. The van der Waals surface area contributed by atoms with Gasteiger partial charge in [0.25, 0.3) is 0 Å². The Hall–Kier alpha value is -2.16. The fraction of sp³-hybridized carbons (Fsp3) is 0.294. The highest BCUT2D eigenvalue weighted by atomic mass is 16.5. The van der Waals surface area contributed by atoms with Gasteiger partial charge in [-0.1, -0.05) is 24.3 Å². The first-order valence-electron chi connectivity index (χ1n) is 6.87. The van der Waals surface area contributed by atoms with E-state index in [0.717, 1.165) is 34.7 Å². The third-order valence-electron chi connectivity index (χ3n) is 3.70. The van der Waals surface area contributed by atoms with Gasteiger partial charge in [0.15, 0.2) is 0 Å². The Balaban J connectivity index is 1.66. The standard InChI is InChI=1S/C17H19NO2/c1-11-7-12(2)17(9-15(11)18)19-10-14-8-13-5-3-4-6-16(13)20-14/h3-7,9,14H,8,10,18H2,1-2H3. The van der Waals surface area contributed by atoms with Crippen LogP contribution in [0.15, 0.2) is 36.4 Å². The van der Waals surface area contributed by atoms with Crippen molar-refractivity contribution in [1.82, 2.24) is 0 Å². The number of anilines is 1. The summed E-state index contributed by atoms with van der Waals surface area (Å²) in [7, 11) is 0. The zero-order chi connectivity index (χ0) is 14.1. The Bertz CT molecular complexity index is 612. The Labute approximate surface area is 119 Å². The summed E-state index contributed by atoms with van der Waals surface area (Å²) in [4.78, 5) is 0. The van der Waals surface area contributed by atoms with Gasteiger partial charge in [-0.3, -0.25) is 0 Å². The van der Waals surface area contributed by atoms with E-state index in [2.05, 4.69) is 12.1 Å². The van der Waals surface area contributed by atoms with Crippen LogP contribution in [0.4, 0.5) is 5.69 Å². The molecule has 1 atom stereocenters. The minimum Gasteiger partial charge on any atom is -0.489 e. The molecule has 0 bridgehead atoms. The quantitative estimate of drug-likeness (QED) is 0.870. The average Bonchev–Trinajstić information content (AvgIpc) is 2.84. The number of benzene rings is 2. The Morgan fingerprint density at radius 1 is 1.20 bits per heavy atom. The number of aryl methyl sites for hydroxylation is 2. The number of fused-ring (bicyclic) bond motifs is 1. The van der Waals surface area contributed by atoms with Gasteiger partial charge in [0.1, 0.15) is 24.2 Å². The predicted molar refractivity (Wildman–Crippen MR) is 80.4 cm³/mol. The van der Waals surface area contributed by atoms with Crippen molar-refractivity contribution in [2.24, 2.45) is 0 Å². The Morgan fingerprint density at radius 2 is 2.00 bits per heavy atom. The molecular formula is C17H19NO2. The van der Waals surface area contributed by atoms with Gasteiger partial charge in [-0.15, -0.1) is 0 Å². The molecule has 0 amide bonds. The van der Waals surface area contributed by atoms with Crippen molar-refractivity contribution in [1.29, 1.82) is 0 Å². The molecule has 104 valence electrons. The SMILES string of the molecule is Cc1cc(C)c(OCC2Cc3ccccc3O2)cc1N. The molecule has 1 aliphatic rings. The van der Waals surface area contributed by atoms with Crippen LogP contribution in [0, 0.1) is 13.8 Å². The first-order valence-corrected chi connectivity index (χ1v) is 6.87. The smallest absolute Gasteiger partial charge is 0.137 e. The van der Waals surface area contributed by atoms with Crippen LogP contribution in [-0.2, 0) is 6.42 Å². The number of hydrogen-bond acceptors (Lipinski definition) is 3. The van der Waals surface area contributed by atoms with E-state index in [1.54, 1.807) is 0 Å². The lowest BCUT2D eigenvalue weighted by Gasteiger charge is -2.15. The molecule has 1 aliphatic heterocycles. The predicted octanol–water partition coefficient (Wildman–Crippen LogP) is 3.27. The fourth-order valence-corrected chi connectivity index (χ4v) is 2.53. The third kappa shape index (κ3) is 2.44. The highest BCUT2D eigenvalue weighted by Gasteiger charge is 2.23. The van der Waals surface area contributed by atoms with Crippen molar-refractivity contribution >= 4 is 5.69 Å². The van der Waals surface area contributed by atoms with E-state index in [9.17, 15) is 0 Å². The summed E-state index contributed by atoms with van der Waals surface area (Å²) in [5.74, 6) is 1.81. The minimum absolute atomic E-state index is 0.0781. The van der Waals surface area contributed by atoms with Crippen LogP contribution in [0.3, 0.4) is 0 Å². The first-order chi connectivity index (χ1) is 9.63. The van der Waals surface area contributed by atoms with Crippen molar-refractivity contribution in [3.63, 3.8) is 0 Å². The molecule has 2 aromatic carbocycles. The summed E-state index contributed by atoms with van der Waals surface area (Å²) in [6.07, 6.45) is 0.977. The van der Waals surface area contributed by atoms with Crippen LogP contribution in [0.5, 0.6) is 11.5 Å². The summed E-state index contributed by atoms with van der Waals surface area (Å²) >= 11 is 0. The minimum atomic E-state index is 0.0781. The molecule has 1 heterocycles. The highest BCUT2D eigenvalue weighted by molar-refractivity contribution is 5.54. The maximum absolute atomic E-state index is 5.93. The monoisotopic (exact) mass is 269 g/mol. The van der Waals surface area contributed by atoms with E-state index in [4.69, 9.17) is 15.2 Å². The Kier molecular flexibility index (Phi) is 3.26. The van der Waals surface area contributed by atoms with E-state index in [-0.39, 0.29) is 6.10 Å². The number of hydrogen-bond donors (Lipinski definition) is 1. The van der Waals surface area contributed by atoms with Gasteiger partial charge in [-0.25, -0.2) is 0 Å². The maximum atomic E-state index is 5.93. The van der Waals surface area contributed by atoms with Crippen LogP contribution >= 0.6 is 0 Å². The summed E-state index contributed by atoms with van der Waals surface area (Å²) in [5, 5.41) is 0. The van der Waals surface area contributed by atoms with Gasteiger partial charge in [0.2, 0.25) is 0 Å². The molecule has 3 heteroatoms. The third-order valence-corrected chi connectivity index (χ3v) is 3.70. The molecule has 0 saturated heterocycles. The van der Waals surface area contributed by atoms with E-state index in [0.29, 0.717) is 6.61 Å². The number of ether oxygens (including phenoxy) is 2. The van der Waals surface area contributed by atoms with Gasteiger partial charge in [0.05, 0.1) is 0 Å². The van der Waals surface area contributed by atoms with Crippen molar-refractivity contribution in [3.8, 4) is 11.5 Å². The maximum Gasteiger partial charge on any atom is 0.137 e. The number of para-hydroxylation sites is 1. The molecule has 3 rings (SSSR count). The largest absolute Gasteiger partial charge is 0.489 e. The normalized spacial score (nSPS) is 16.6. The summed E-state index contributed by atoms with van der Waals surface area (Å²) in [5.41, 5.74) is 10.1. The fourth-order valence-electron chi connectivity index (χ4n) is 2.53. The number of rotatable bonds is 3. The van der Waals surface area contributed by atoms with Crippen molar-refractivity contribution in [2.75, 3.05) is 12.3 Å². The van der Waals surface area contributed by atoms with E-state index >= 15 is 0 Å². The van der Waals surface area contributed by atoms with Gasteiger partial charge in [-0.05, 0) is 36.6 Å². The molecule has 1 unspecified atom stereocenters. The van der Waals surface area contributed by atoms with Gasteiger partial charge in [0, 0.05) is 18.2 Å². The zero-order valence-corrected chi connectivity index (χ0v) is 11.8. The summed E-state index contributed by atoms with van der Waals surface area (Å²) in [6, 6.07) is 12.1. The van der Waals surface area contributed by atoms with Crippen LogP contribution in [0.1, 0.15) is 16.7 Å². The van der Waals surface area contributed by atoms with Crippen LogP contribution < -0.4 is 15.2 Å². The summed E-state index contributed by atoms with van der Waals surface area (Å²) < 4.78 is 11.7. The van der Waals surface area contributed by atoms with Gasteiger partial charge in [-0.2, -0.15) is 0 Å². The van der Waals surface area contributed by atoms with Gasteiger partial charge < -0.3 is 15.2 Å². The number of nitrogen functional groups attached to an aromatic ring is 1. The molecule has 0 aliphatic carbocycles. The second kappa shape index (κ2) is 5.08. The second-order valence-electron chi connectivity index (χ2n) is 5.34. The summed E-state index contributed by atoms with van der Waals surface area (Å²) in [6.45, 7) is 4.58. The molecule has 0 fully saturated rings. The van der Waals surface area contributed by atoms with E-state index in [1.165, 1.54) is 5.56 Å². The van der Waals surface area contributed by atoms with Crippen molar-refractivity contribution < 1.29 is 9.47 Å². The van der Waals surface area contributed by atoms with Crippen LogP contribution in [0.25, 0.3) is 0 Å². The zero-order valence-electron chi connectivity index (χ0n) is 11.8.